The van der Waals surface area contributed by atoms with Gasteiger partial charge in [-0.3, -0.25) is 37.3 Å². The fraction of sp³-hybridized carbons (Fsp3) is 0.944. The lowest BCUT2D eigenvalue weighted by Gasteiger charge is -2.21. The van der Waals surface area contributed by atoms with Crippen LogP contribution in [0.15, 0.2) is 0 Å². The van der Waals surface area contributed by atoms with Gasteiger partial charge in [0.25, 0.3) is 0 Å². The van der Waals surface area contributed by atoms with E-state index in [4.69, 9.17) is 37.0 Å². The lowest BCUT2D eigenvalue weighted by atomic mass is 10.0. The fourth-order valence-corrected chi connectivity index (χ4v) is 12.2. The summed E-state index contributed by atoms with van der Waals surface area (Å²) in [5, 5.41) is 10.6. The topological polar surface area (TPSA) is 237 Å². The van der Waals surface area contributed by atoms with Crippen molar-refractivity contribution < 1.29 is 80.2 Å². The van der Waals surface area contributed by atoms with Crippen molar-refractivity contribution in [3.8, 4) is 0 Å². The van der Waals surface area contributed by atoms with E-state index in [0.717, 1.165) is 108 Å². The van der Waals surface area contributed by atoms with Crippen LogP contribution in [0, 0.1) is 23.7 Å². The molecular weight excluding hydrogens is 1190 g/mol. The Kier molecular flexibility index (Phi) is 59.4. The molecular formula is C71H138O17P2. The van der Waals surface area contributed by atoms with Gasteiger partial charge in [-0.15, -0.1) is 0 Å². The van der Waals surface area contributed by atoms with Crippen LogP contribution in [-0.2, 0) is 65.4 Å². The van der Waals surface area contributed by atoms with Gasteiger partial charge in [0, 0.05) is 25.7 Å². The Morgan fingerprint density at radius 2 is 0.467 bits per heavy atom. The quantitative estimate of drug-likeness (QED) is 0.0222. The number of aliphatic hydroxyl groups is 1. The number of aliphatic hydroxyl groups excluding tert-OH is 1. The number of phosphoric acid groups is 2. The van der Waals surface area contributed by atoms with Gasteiger partial charge in [-0.1, -0.05) is 299 Å². The van der Waals surface area contributed by atoms with Crippen molar-refractivity contribution in [2.45, 2.75) is 369 Å². The number of carbonyl (C=O) groups is 4. The summed E-state index contributed by atoms with van der Waals surface area (Å²) in [7, 11) is -9.90. The number of phosphoric ester groups is 2. The molecule has 0 aromatic heterocycles. The average Bonchev–Trinajstić information content (AvgIpc) is 3.46. The van der Waals surface area contributed by atoms with Gasteiger partial charge in [-0.25, -0.2) is 9.13 Å². The molecule has 0 fully saturated rings. The van der Waals surface area contributed by atoms with Crippen LogP contribution in [-0.4, -0.2) is 96.7 Å². The Hall–Kier alpha value is -1.94. The molecule has 0 saturated carbocycles. The number of ether oxygens (including phenoxy) is 4. The first-order chi connectivity index (χ1) is 43.1. The van der Waals surface area contributed by atoms with E-state index in [1.165, 1.54) is 148 Å². The third kappa shape index (κ3) is 64.8. The summed E-state index contributed by atoms with van der Waals surface area (Å²) < 4.78 is 68.3. The summed E-state index contributed by atoms with van der Waals surface area (Å²) in [6, 6.07) is 0. The van der Waals surface area contributed by atoms with Gasteiger partial charge < -0.3 is 33.8 Å². The van der Waals surface area contributed by atoms with E-state index in [0.29, 0.717) is 37.5 Å². The molecule has 0 heterocycles. The van der Waals surface area contributed by atoms with E-state index < -0.39 is 97.5 Å². The Balaban J connectivity index is 5.20. The maximum Gasteiger partial charge on any atom is 0.472 e. The molecule has 0 bridgehead atoms. The zero-order valence-electron chi connectivity index (χ0n) is 58.8. The minimum absolute atomic E-state index is 0.102. The molecule has 3 unspecified atom stereocenters. The summed E-state index contributed by atoms with van der Waals surface area (Å²) >= 11 is 0. The molecule has 0 spiro atoms. The molecule has 3 N–H and O–H groups in total. The number of hydrogen-bond donors (Lipinski definition) is 3. The van der Waals surface area contributed by atoms with Gasteiger partial charge in [0.05, 0.1) is 26.4 Å². The van der Waals surface area contributed by atoms with Crippen molar-refractivity contribution in [1.82, 2.24) is 0 Å². The Morgan fingerprint density at radius 1 is 0.278 bits per heavy atom. The number of unbranched alkanes of at least 4 members (excludes halogenated alkanes) is 34. The molecule has 0 rings (SSSR count). The molecule has 0 aliphatic heterocycles. The zero-order valence-corrected chi connectivity index (χ0v) is 60.6. The van der Waals surface area contributed by atoms with E-state index in [1.807, 2.05) is 0 Å². The van der Waals surface area contributed by atoms with Crippen LogP contribution in [0.4, 0.5) is 0 Å². The van der Waals surface area contributed by atoms with Crippen molar-refractivity contribution in [1.29, 1.82) is 0 Å². The van der Waals surface area contributed by atoms with E-state index >= 15 is 0 Å². The standard InChI is InChI=1S/C71H138O17P2/c1-61(2)47-39-31-23-18-14-10-9-11-16-20-26-35-43-51-68(73)81-58-67(88-71(76)54-46-38-30-29-34-42-50-64(7)8)60-86-90(79,80)84-56-65(72)55-83-89(77,78)85-59-66(57-82-69(74)52-44-36-28-22-25-33-41-49-63(5)6)87-70(75)53-45-37-27-21-17-13-12-15-19-24-32-40-48-62(3)4/h61-67,72H,9-60H2,1-8H3,(H,77,78)(H,79,80)/t65?,66-,67-/m1/s1. The van der Waals surface area contributed by atoms with E-state index in [-0.39, 0.29) is 25.7 Å². The Bertz CT molecular complexity index is 1780. The highest BCUT2D eigenvalue weighted by Crippen LogP contribution is 2.45. The highest BCUT2D eigenvalue weighted by molar-refractivity contribution is 7.47. The molecule has 0 saturated heterocycles. The highest BCUT2D eigenvalue weighted by Gasteiger charge is 2.30. The minimum atomic E-state index is -4.95. The molecule has 0 amide bonds. The molecule has 0 radical (unpaired) electrons. The van der Waals surface area contributed by atoms with Crippen LogP contribution in [0.5, 0.6) is 0 Å². The van der Waals surface area contributed by atoms with Gasteiger partial charge in [-0.2, -0.15) is 0 Å². The maximum atomic E-state index is 13.0. The second kappa shape index (κ2) is 60.7. The molecule has 17 nitrogen and oxygen atoms in total. The number of carbonyl (C=O) groups excluding carboxylic acids is 4. The van der Waals surface area contributed by atoms with Gasteiger partial charge in [0.15, 0.2) is 12.2 Å². The van der Waals surface area contributed by atoms with Crippen LogP contribution in [0.1, 0.15) is 351 Å². The third-order valence-electron chi connectivity index (χ3n) is 16.3. The SMILES string of the molecule is CC(C)CCCCCCCCCCCCCCCC(=O)OC[C@H](COP(=O)(O)OCC(O)COP(=O)(O)OC[C@@H](COC(=O)CCCCCCCCCC(C)C)OC(=O)CCCCCCCCCCCCCCC(C)C)OC(=O)CCCCCCCCC(C)C. The first-order valence-electron chi connectivity index (χ1n) is 36.7. The van der Waals surface area contributed by atoms with Crippen molar-refractivity contribution in [3.63, 3.8) is 0 Å². The van der Waals surface area contributed by atoms with Crippen molar-refractivity contribution >= 4 is 39.5 Å². The second-order valence-corrected chi connectivity index (χ2v) is 30.4. The van der Waals surface area contributed by atoms with Crippen LogP contribution in [0.3, 0.4) is 0 Å². The van der Waals surface area contributed by atoms with Crippen LogP contribution in [0.25, 0.3) is 0 Å². The normalized spacial score (nSPS) is 14.3. The predicted molar refractivity (Wildman–Crippen MR) is 363 cm³/mol. The molecule has 0 aliphatic rings. The number of hydrogen-bond acceptors (Lipinski definition) is 15. The van der Waals surface area contributed by atoms with E-state index in [2.05, 4.69) is 55.4 Å². The van der Waals surface area contributed by atoms with Crippen molar-refractivity contribution in [2.24, 2.45) is 23.7 Å². The van der Waals surface area contributed by atoms with Gasteiger partial charge >= 0.3 is 39.5 Å². The first-order valence-corrected chi connectivity index (χ1v) is 39.7. The average molecular weight is 1330 g/mol. The third-order valence-corrected chi connectivity index (χ3v) is 18.2. The van der Waals surface area contributed by atoms with Gasteiger partial charge in [-0.05, 0) is 49.4 Å². The van der Waals surface area contributed by atoms with Crippen LogP contribution < -0.4 is 0 Å². The fourth-order valence-electron chi connectivity index (χ4n) is 10.7. The molecule has 0 aromatic carbocycles. The largest absolute Gasteiger partial charge is 0.472 e. The number of rotatable bonds is 68. The highest BCUT2D eigenvalue weighted by atomic mass is 31.2. The van der Waals surface area contributed by atoms with Crippen LogP contribution in [0.2, 0.25) is 0 Å². The summed E-state index contributed by atoms with van der Waals surface area (Å²) in [6.07, 6.45) is 43.3. The zero-order chi connectivity index (χ0) is 66.8. The Labute approximate surface area is 549 Å². The molecule has 0 aliphatic carbocycles. The monoisotopic (exact) mass is 1320 g/mol. The molecule has 5 atom stereocenters. The van der Waals surface area contributed by atoms with Gasteiger partial charge in [0.2, 0.25) is 0 Å². The first kappa shape index (κ1) is 88.1. The van der Waals surface area contributed by atoms with Crippen molar-refractivity contribution in [2.75, 3.05) is 39.6 Å². The minimum Gasteiger partial charge on any atom is -0.462 e. The molecule has 19 heteroatoms. The Morgan fingerprint density at radius 3 is 0.689 bits per heavy atom. The summed E-state index contributed by atoms with van der Waals surface area (Å²) in [5.41, 5.74) is 0. The lowest BCUT2D eigenvalue weighted by Crippen LogP contribution is -2.30. The molecule has 90 heavy (non-hydrogen) atoms. The smallest absolute Gasteiger partial charge is 0.462 e. The van der Waals surface area contributed by atoms with Crippen LogP contribution >= 0.6 is 15.6 Å². The summed E-state index contributed by atoms with van der Waals surface area (Å²) in [5.74, 6) is 0.810. The van der Waals surface area contributed by atoms with Gasteiger partial charge in [0.1, 0.15) is 19.3 Å². The molecule has 0 aromatic rings. The lowest BCUT2D eigenvalue weighted by molar-refractivity contribution is -0.161. The predicted octanol–water partition coefficient (Wildman–Crippen LogP) is 20.1. The van der Waals surface area contributed by atoms with E-state index in [1.54, 1.807) is 0 Å². The molecule has 534 valence electrons. The van der Waals surface area contributed by atoms with E-state index in [9.17, 15) is 43.2 Å². The summed E-state index contributed by atoms with van der Waals surface area (Å²) in [4.78, 5) is 72.5. The van der Waals surface area contributed by atoms with Crippen molar-refractivity contribution in [3.05, 3.63) is 0 Å². The summed E-state index contributed by atoms with van der Waals surface area (Å²) in [6.45, 7) is 14.0. The maximum absolute atomic E-state index is 13.0. The number of esters is 4. The second-order valence-electron chi connectivity index (χ2n) is 27.5.